The van der Waals surface area contributed by atoms with Crippen molar-refractivity contribution in [3.63, 3.8) is 0 Å². The standard InChI is InChI=1S/C10H16O10/c1-8(2)5-10(19-15-6(11)12,20-16-7(13)14)9(3,4)18-17-8/h5H2,1-4H3,(H,11,12)(H,13,14). The summed E-state index contributed by atoms with van der Waals surface area (Å²) < 4.78 is 0. The molecule has 1 saturated heterocycles. The van der Waals surface area contributed by atoms with E-state index in [1.54, 1.807) is 13.8 Å². The van der Waals surface area contributed by atoms with Gasteiger partial charge in [0.15, 0.2) is 5.60 Å². The van der Waals surface area contributed by atoms with Crippen molar-refractivity contribution >= 4 is 12.3 Å². The highest BCUT2D eigenvalue weighted by atomic mass is 17.3. The summed E-state index contributed by atoms with van der Waals surface area (Å²) in [6, 6.07) is 0. The summed E-state index contributed by atoms with van der Waals surface area (Å²) in [5.41, 5.74) is -2.40. The minimum atomic E-state index is -1.98. The third-order valence-corrected chi connectivity index (χ3v) is 2.55. The highest BCUT2D eigenvalue weighted by Crippen LogP contribution is 2.44. The number of hydrogen-bond acceptors (Lipinski definition) is 8. The van der Waals surface area contributed by atoms with Crippen LogP contribution in [0.2, 0.25) is 0 Å². The molecule has 0 aromatic rings. The summed E-state index contributed by atoms with van der Waals surface area (Å²) in [4.78, 5) is 48.6. The molecule has 0 amide bonds. The second-order valence-electron chi connectivity index (χ2n) is 5.23. The summed E-state index contributed by atoms with van der Waals surface area (Å²) in [5.74, 6) is -1.98. The van der Waals surface area contributed by atoms with Crippen molar-refractivity contribution in [2.24, 2.45) is 0 Å². The summed E-state index contributed by atoms with van der Waals surface area (Å²) >= 11 is 0. The van der Waals surface area contributed by atoms with E-state index in [2.05, 4.69) is 9.78 Å². The Bertz CT molecular complexity index is 369. The number of rotatable bonds is 4. The van der Waals surface area contributed by atoms with Crippen molar-refractivity contribution in [3.8, 4) is 0 Å². The summed E-state index contributed by atoms with van der Waals surface area (Å²) in [6.07, 6.45) is -3.63. The van der Waals surface area contributed by atoms with Gasteiger partial charge >= 0.3 is 12.3 Å². The van der Waals surface area contributed by atoms with Crippen molar-refractivity contribution in [2.45, 2.75) is 51.1 Å². The first-order chi connectivity index (χ1) is 9.00. The molecule has 1 aliphatic rings. The zero-order valence-electron chi connectivity index (χ0n) is 11.4. The van der Waals surface area contributed by atoms with Crippen LogP contribution in [0.15, 0.2) is 0 Å². The van der Waals surface area contributed by atoms with E-state index in [1.165, 1.54) is 13.8 Å². The van der Waals surface area contributed by atoms with Crippen LogP contribution in [-0.2, 0) is 29.3 Å². The minimum absolute atomic E-state index is 0.131. The van der Waals surface area contributed by atoms with Gasteiger partial charge in [0.1, 0.15) is 5.60 Å². The maximum atomic E-state index is 10.5. The largest absolute Gasteiger partial charge is 0.538 e. The predicted molar refractivity (Wildman–Crippen MR) is 58.1 cm³/mol. The molecule has 116 valence electrons. The molecule has 0 aliphatic carbocycles. The van der Waals surface area contributed by atoms with Gasteiger partial charge in [0.25, 0.3) is 5.79 Å². The van der Waals surface area contributed by atoms with E-state index in [1.807, 2.05) is 0 Å². The van der Waals surface area contributed by atoms with Crippen molar-refractivity contribution < 1.29 is 49.1 Å². The Hall–Kier alpha value is -1.62. The topological polar surface area (TPSA) is 130 Å². The maximum Gasteiger partial charge on any atom is 0.538 e. The molecule has 0 spiro atoms. The fourth-order valence-electron chi connectivity index (χ4n) is 1.56. The van der Waals surface area contributed by atoms with Gasteiger partial charge in [0.2, 0.25) is 0 Å². The molecule has 10 heteroatoms. The van der Waals surface area contributed by atoms with Crippen LogP contribution in [0.25, 0.3) is 0 Å². The lowest BCUT2D eigenvalue weighted by Gasteiger charge is -2.48. The molecule has 0 bridgehead atoms. The zero-order chi connectivity index (χ0) is 15.6. The van der Waals surface area contributed by atoms with Crippen molar-refractivity contribution in [1.82, 2.24) is 0 Å². The van der Waals surface area contributed by atoms with Gasteiger partial charge in [-0.25, -0.2) is 19.4 Å². The molecule has 0 aromatic heterocycles. The van der Waals surface area contributed by atoms with Gasteiger partial charge in [-0.1, -0.05) is 0 Å². The van der Waals surface area contributed by atoms with Crippen molar-refractivity contribution in [3.05, 3.63) is 0 Å². The first-order valence-electron chi connectivity index (χ1n) is 5.54. The van der Waals surface area contributed by atoms with E-state index < -0.39 is 29.3 Å². The van der Waals surface area contributed by atoms with Crippen LogP contribution >= 0.6 is 0 Å². The minimum Gasteiger partial charge on any atom is -0.448 e. The van der Waals surface area contributed by atoms with Crippen molar-refractivity contribution in [1.29, 1.82) is 0 Å². The average molecular weight is 296 g/mol. The quantitative estimate of drug-likeness (QED) is 0.450. The van der Waals surface area contributed by atoms with E-state index in [0.29, 0.717) is 0 Å². The normalized spacial score (nSPS) is 22.8. The molecule has 0 atom stereocenters. The van der Waals surface area contributed by atoms with Gasteiger partial charge in [-0.15, -0.1) is 9.78 Å². The molecule has 1 fully saturated rings. The van der Waals surface area contributed by atoms with Crippen LogP contribution in [0.3, 0.4) is 0 Å². The second kappa shape index (κ2) is 5.40. The fourth-order valence-corrected chi connectivity index (χ4v) is 1.56. The smallest absolute Gasteiger partial charge is 0.448 e. The molecule has 1 heterocycles. The Labute approximate surface area is 113 Å². The van der Waals surface area contributed by atoms with Gasteiger partial charge < -0.3 is 10.2 Å². The van der Waals surface area contributed by atoms with E-state index in [9.17, 15) is 9.59 Å². The molecule has 1 rings (SSSR count). The van der Waals surface area contributed by atoms with E-state index in [4.69, 9.17) is 29.8 Å². The van der Waals surface area contributed by atoms with Crippen LogP contribution in [-0.4, -0.2) is 39.5 Å². The number of carboxylic acid groups (broad SMARTS) is 2. The molecular formula is C10H16O10. The maximum absolute atomic E-state index is 10.5. The number of hydrogen-bond donors (Lipinski definition) is 2. The fraction of sp³-hybridized carbons (Fsp3) is 0.800. The molecule has 10 nitrogen and oxygen atoms in total. The predicted octanol–water partition coefficient (Wildman–Crippen LogP) is 1.84. The summed E-state index contributed by atoms with van der Waals surface area (Å²) in [7, 11) is 0. The second-order valence-corrected chi connectivity index (χ2v) is 5.23. The first kappa shape index (κ1) is 16.4. The van der Waals surface area contributed by atoms with E-state index in [0.717, 1.165) is 0 Å². The SMILES string of the molecule is CC1(C)CC(OOC(=O)O)(OOC(=O)O)C(C)(C)OO1. The molecule has 0 aromatic carbocycles. The first-order valence-corrected chi connectivity index (χ1v) is 5.54. The highest BCUT2D eigenvalue weighted by Gasteiger charge is 2.61. The van der Waals surface area contributed by atoms with Gasteiger partial charge in [-0.2, -0.15) is 0 Å². The molecule has 0 radical (unpaired) electrons. The molecule has 20 heavy (non-hydrogen) atoms. The molecule has 0 saturated carbocycles. The Morgan fingerprint density at radius 1 is 0.950 bits per heavy atom. The van der Waals surface area contributed by atoms with Gasteiger partial charge in [-0.05, 0) is 27.7 Å². The Morgan fingerprint density at radius 2 is 1.40 bits per heavy atom. The number of carbonyl (C=O) groups is 2. The molecule has 2 N–H and O–H groups in total. The molecule has 1 aliphatic heterocycles. The van der Waals surface area contributed by atoms with Gasteiger partial charge in [0, 0.05) is 6.42 Å². The lowest BCUT2D eigenvalue weighted by molar-refractivity contribution is -0.580. The summed E-state index contributed by atoms with van der Waals surface area (Å²) in [6.45, 7) is 6.01. The average Bonchev–Trinajstić information content (AvgIpc) is 2.29. The van der Waals surface area contributed by atoms with Crippen molar-refractivity contribution in [2.75, 3.05) is 0 Å². The Kier molecular flexibility index (Phi) is 4.44. The lowest BCUT2D eigenvalue weighted by Crippen LogP contribution is -2.63. The molecular weight excluding hydrogens is 280 g/mol. The highest BCUT2D eigenvalue weighted by molar-refractivity contribution is 5.56. The third kappa shape index (κ3) is 3.70. The van der Waals surface area contributed by atoms with E-state index >= 15 is 0 Å². The monoisotopic (exact) mass is 296 g/mol. The van der Waals surface area contributed by atoms with E-state index in [-0.39, 0.29) is 6.42 Å². The van der Waals surface area contributed by atoms with Crippen LogP contribution in [0.1, 0.15) is 34.1 Å². The zero-order valence-corrected chi connectivity index (χ0v) is 11.4. The van der Waals surface area contributed by atoms with Crippen LogP contribution < -0.4 is 0 Å². The summed E-state index contributed by atoms with van der Waals surface area (Å²) in [5, 5.41) is 17.0. The molecule has 0 unspecified atom stereocenters. The van der Waals surface area contributed by atoms with Crippen LogP contribution in [0.4, 0.5) is 9.59 Å². The van der Waals surface area contributed by atoms with Crippen LogP contribution in [0.5, 0.6) is 0 Å². The Morgan fingerprint density at radius 3 is 1.80 bits per heavy atom. The lowest BCUT2D eigenvalue weighted by atomic mass is 9.86. The third-order valence-electron chi connectivity index (χ3n) is 2.55. The van der Waals surface area contributed by atoms with Gasteiger partial charge in [0.05, 0.1) is 0 Å². The Balaban J connectivity index is 3.02. The van der Waals surface area contributed by atoms with Crippen LogP contribution in [0, 0.1) is 0 Å². The van der Waals surface area contributed by atoms with Gasteiger partial charge in [-0.3, -0.25) is 9.78 Å².